The van der Waals surface area contributed by atoms with E-state index in [0.717, 1.165) is 25.7 Å². The number of amides is 1. The van der Waals surface area contributed by atoms with Crippen LogP contribution >= 0.6 is 34.8 Å². The van der Waals surface area contributed by atoms with Crippen LogP contribution in [-0.2, 0) is 23.7 Å². The molecule has 0 radical (unpaired) electrons. The third-order valence-corrected chi connectivity index (χ3v) is 5.48. The first-order valence-corrected chi connectivity index (χ1v) is 10.0. The Bertz CT molecular complexity index is 602. The molecule has 0 aromatic rings. The molecular formula is C17H22Cl3NO6. The fourth-order valence-corrected chi connectivity index (χ4v) is 3.95. The van der Waals surface area contributed by atoms with Crippen LogP contribution in [0.2, 0.25) is 0 Å². The Labute approximate surface area is 172 Å². The number of alkyl halides is 3. The summed E-state index contributed by atoms with van der Waals surface area (Å²) in [5.41, 5.74) is 0.322. The number of carbonyl (C=O) groups excluding carboxylic acids is 2. The van der Waals surface area contributed by atoms with Gasteiger partial charge in [0.15, 0.2) is 6.10 Å². The minimum Gasteiger partial charge on any atom is -0.466 e. The molecule has 2 fully saturated rings. The molecule has 1 N–H and O–H groups in total. The lowest BCUT2D eigenvalue weighted by Crippen LogP contribution is -2.45. The maximum atomic E-state index is 12.3. The van der Waals surface area contributed by atoms with Crippen molar-refractivity contribution >= 4 is 46.9 Å². The molecule has 4 atom stereocenters. The Morgan fingerprint density at radius 1 is 1.19 bits per heavy atom. The van der Waals surface area contributed by atoms with Crippen LogP contribution < -0.4 is 5.32 Å². The monoisotopic (exact) mass is 441 g/mol. The van der Waals surface area contributed by atoms with Crippen molar-refractivity contribution in [3.8, 4) is 0 Å². The smallest absolute Gasteiger partial charge is 0.408 e. The van der Waals surface area contributed by atoms with Crippen molar-refractivity contribution in [2.75, 3.05) is 7.11 Å². The molecular weight excluding hydrogens is 421 g/mol. The second-order valence-electron chi connectivity index (χ2n) is 6.89. The summed E-state index contributed by atoms with van der Waals surface area (Å²) in [6, 6.07) is 0.0874. The van der Waals surface area contributed by atoms with Crippen LogP contribution in [0.25, 0.3) is 0 Å². The van der Waals surface area contributed by atoms with Crippen molar-refractivity contribution in [3.05, 3.63) is 11.6 Å². The second-order valence-corrected chi connectivity index (χ2v) is 9.25. The van der Waals surface area contributed by atoms with Crippen molar-refractivity contribution in [1.29, 1.82) is 0 Å². The molecule has 0 bridgehead atoms. The lowest BCUT2D eigenvalue weighted by molar-refractivity contribution is -0.137. The van der Waals surface area contributed by atoms with E-state index < -0.39 is 40.5 Å². The quantitative estimate of drug-likeness (QED) is 0.533. The summed E-state index contributed by atoms with van der Waals surface area (Å²) in [5, 5.41) is 2.86. The molecule has 1 saturated heterocycles. The largest absolute Gasteiger partial charge is 0.466 e. The van der Waals surface area contributed by atoms with Gasteiger partial charge in [0.05, 0.1) is 13.2 Å². The van der Waals surface area contributed by atoms with Gasteiger partial charge in [-0.25, -0.2) is 9.59 Å². The lowest BCUT2D eigenvalue weighted by atomic mass is 9.92. The third-order valence-electron chi connectivity index (χ3n) is 4.94. The summed E-state index contributed by atoms with van der Waals surface area (Å²) in [7, 11) is 1.27. The highest BCUT2D eigenvalue weighted by atomic mass is 35.6. The van der Waals surface area contributed by atoms with E-state index in [9.17, 15) is 9.59 Å². The maximum Gasteiger partial charge on any atom is 0.408 e. The first-order valence-electron chi connectivity index (χ1n) is 8.91. The molecule has 7 nitrogen and oxygen atoms in total. The van der Waals surface area contributed by atoms with Crippen LogP contribution in [0.1, 0.15) is 38.5 Å². The van der Waals surface area contributed by atoms with Gasteiger partial charge in [0, 0.05) is 18.0 Å². The predicted octanol–water partition coefficient (Wildman–Crippen LogP) is 3.40. The SMILES string of the molecule is COC(=O)C1=C[C@@H](OC(=O)NC2CCCCC2)[C@@H]2O[C@@H](C(Cl)(Cl)Cl)O[C@@H]2C1. The highest BCUT2D eigenvalue weighted by Gasteiger charge is 2.52. The van der Waals surface area contributed by atoms with Gasteiger partial charge in [-0.2, -0.15) is 0 Å². The van der Waals surface area contributed by atoms with Crippen LogP contribution in [0.5, 0.6) is 0 Å². The molecule has 2 aliphatic carbocycles. The number of hydrogen-bond acceptors (Lipinski definition) is 6. The Balaban J connectivity index is 1.70. The third kappa shape index (κ3) is 5.21. The van der Waals surface area contributed by atoms with Gasteiger partial charge in [0.2, 0.25) is 10.1 Å². The van der Waals surface area contributed by atoms with E-state index in [1.165, 1.54) is 19.6 Å². The molecule has 1 saturated carbocycles. The van der Waals surface area contributed by atoms with Crippen LogP contribution in [0.15, 0.2) is 11.6 Å². The van der Waals surface area contributed by atoms with E-state index in [-0.39, 0.29) is 12.5 Å². The molecule has 27 heavy (non-hydrogen) atoms. The number of alkyl carbamates (subject to hydrolysis) is 1. The van der Waals surface area contributed by atoms with Gasteiger partial charge in [0.1, 0.15) is 6.10 Å². The number of nitrogens with one attached hydrogen (secondary N) is 1. The van der Waals surface area contributed by atoms with Gasteiger partial charge in [0.25, 0.3) is 0 Å². The van der Waals surface area contributed by atoms with Crippen LogP contribution in [-0.4, -0.2) is 53.6 Å². The van der Waals surface area contributed by atoms with Crippen molar-refractivity contribution in [2.45, 2.75) is 73.0 Å². The van der Waals surface area contributed by atoms with Gasteiger partial charge >= 0.3 is 12.1 Å². The van der Waals surface area contributed by atoms with E-state index in [1.54, 1.807) is 0 Å². The van der Waals surface area contributed by atoms with E-state index in [2.05, 4.69) is 5.32 Å². The first kappa shape index (κ1) is 21.0. The minimum atomic E-state index is -1.81. The Morgan fingerprint density at radius 3 is 2.52 bits per heavy atom. The topological polar surface area (TPSA) is 83.1 Å². The summed E-state index contributed by atoms with van der Waals surface area (Å²) >= 11 is 17.6. The summed E-state index contributed by atoms with van der Waals surface area (Å²) < 4.78 is 19.8. The molecule has 1 heterocycles. The zero-order valence-electron chi connectivity index (χ0n) is 14.8. The van der Waals surface area contributed by atoms with Gasteiger partial charge in [-0.3, -0.25) is 0 Å². The Morgan fingerprint density at radius 2 is 1.89 bits per heavy atom. The molecule has 1 aliphatic heterocycles. The highest BCUT2D eigenvalue weighted by molar-refractivity contribution is 6.67. The number of halogens is 3. The van der Waals surface area contributed by atoms with Crippen molar-refractivity contribution in [3.63, 3.8) is 0 Å². The van der Waals surface area contributed by atoms with Gasteiger partial charge in [-0.1, -0.05) is 54.1 Å². The van der Waals surface area contributed by atoms with Crippen molar-refractivity contribution < 1.29 is 28.5 Å². The van der Waals surface area contributed by atoms with E-state index in [4.69, 9.17) is 53.8 Å². The number of ether oxygens (including phenoxy) is 4. The molecule has 152 valence electrons. The van der Waals surface area contributed by atoms with E-state index in [0.29, 0.717) is 5.57 Å². The van der Waals surface area contributed by atoms with Crippen LogP contribution in [0.3, 0.4) is 0 Å². The normalized spacial score (nSPS) is 31.6. The van der Waals surface area contributed by atoms with Crippen LogP contribution in [0, 0.1) is 0 Å². The first-order chi connectivity index (χ1) is 12.8. The minimum absolute atomic E-state index is 0.0874. The van der Waals surface area contributed by atoms with E-state index in [1.807, 2.05) is 0 Å². The molecule has 3 rings (SSSR count). The Kier molecular flexibility index (Phi) is 6.79. The number of hydrogen-bond donors (Lipinski definition) is 1. The Hall–Kier alpha value is -0.730. The number of esters is 1. The number of rotatable bonds is 3. The van der Waals surface area contributed by atoms with Crippen molar-refractivity contribution in [2.24, 2.45) is 0 Å². The number of carbonyl (C=O) groups is 2. The molecule has 0 unspecified atom stereocenters. The van der Waals surface area contributed by atoms with Gasteiger partial charge in [-0.05, 0) is 18.9 Å². The van der Waals surface area contributed by atoms with Crippen molar-refractivity contribution in [1.82, 2.24) is 5.32 Å². The standard InChI is InChI=1S/C17H22Cl3NO6/c1-24-14(22)9-7-11-13(27-15(25-11)17(18,19)20)12(8-9)26-16(23)21-10-5-3-2-4-6-10/h8,10-13,15H,2-7H2,1H3,(H,21,23)/t11-,12-,13-,15+/m1/s1. The molecule has 10 heteroatoms. The molecule has 0 aromatic carbocycles. The number of fused-ring (bicyclic) bond motifs is 1. The zero-order chi connectivity index (χ0) is 19.6. The number of methoxy groups -OCH3 is 1. The molecule has 0 spiro atoms. The average molecular weight is 443 g/mol. The summed E-state index contributed by atoms with van der Waals surface area (Å²) in [6.07, 6.45) is 3.04. The van der Waals surface area contributed by atoms with E-state index >= 15 is 0 Å². The highest BCUT2D eigenvalue weighted by Crippen LogP contribution is 2.42. The summed E-state index contributed by atoms with van der Waals surface area (Å²) in [6.45, 7) is 0. The molecule has 3 aliphatic rings. The molecule has 1 amide bonds. The zero-order valence-corrected chi connectivity index (χ0v) is 17.1. The molecule has 0 aromatic heterocycles. The predicted molar refractivity (Wildman–Crippen MR) is 98.8 cm³/mol. The average Bonchev–Trinajstić information content (AvgIpc) is 3.06. The van der Waals surface area contributed by atoms with Gasteiger partial charge in [-0.15, -0.1) is 0 Å². The lowest BCUT2D eigenvalue weighted by Gasteiger charge is -2.30. The fraction of sp³-hybridized carbons (Fsp3) is 0.765. The summed E-state index contributed by atoms with van der Waals surface area (Å²) in [5.74, 6) is -0.532. The van der Waals surface area contributed by atoms with Gasteiger partial charge < -0.3 is 24.3 Å². The fourth-order valence-electron chi connectivity index (χ4n) is 3.64. The second kappa shape index (κ2) is 8.74. The summed E-state index contributed by atoms with van der Waals surface area (Å²) in [4.78, 5) is 24.3. The van der Waals surface area contributed by atoms with Crippen LogP contribution in [0.4, 0.5) is 4.79 Å². The maximum absolute atomic E-state index is 12.3.